The molecule has 4 nitrogen and oxygen atoms in total. The van der Waals surface area contributed by atoms with E-state index in [0.717, 1.165) is 45.8 Å². The molecular weight excluding hydrogens is 813 g/mol. The van der Waals surface area contributed by atoms with Crippen molar-refractivity contribution < 1.29 is 0 Å². The number of benzene rings is 9. The third kappa shape index (κ3) is 5.93. The van der Waals surface area contributed by atoms with Gasteiger partial charge in [-0.25, -0.2) is 9.97 Å². The fourth-order valence-electron chi connectivity index (χ4n) is 11.0. The number of rotatable bonds is 6. The van der Waals surface area contributed by atoms with E-state index < -0.39 is 0 Å². The van der Waals surface area contributed by atoms with Crippen LogP contribution in [-0.4, -0.2) is 19.1 Å². The van der Waals surface area contributed by atoms with Gasteiger partial charge in [-0.1, -0.05) is 153 Å². The number of hydrogen-bond acceptors (Lipinski definition) is 2. The van der Waals surface area contributed by atoms with Crippen LogP contribution in [0.1, 0.15) is 13.3 Å². The molecule has 0 spiro atoms. The van der Waals surface area contributed by atoms with Crippen molar-refractivity contribution in [2.75, 3.05) is 0 Å². The topological polar surface area (TPSA) is 35.6 Å². The third-order valence-electron chi connectivity index (χ3n) is 14.2. The number of aromatic nitrogens is 4. The van der Waals surface area contributed by atoms with E-state index >= 15 is 0 Å². The molecule has 2 aliphatic carbocycles. The molecule has 14 rings (SSSR count). The molecule has 0 fully saturated rings. The van der Waals surface area contributed by atoms with E-state index in [1.54, 1.807) is 0 Å². The molecule has 3 aromatic heterocycles. The summed E-state index contributed by atoms with van der Waals surface area (Å²) in [6, 6.07) is 71.0. The summed E-state index contributed by atoms with van der Waals surface area (Å²) in [7, 11) is 0. The van der Waals surface area contributed by atoms with Gasteiger partial charge in [0.15, 0.2) is 5.82 Å². The standard InChI is InChI=1S/C63H42N4/c1-39-12-8-20-48(32-39)66-57-28-24-43(40-13-4-2-5-14-40)34-52(57)54-36-45(26-30-58(54)66)46-27-31-60-55(37-46)53-35-44(41-15-6-3-7-16-41)25-29-59(53)67(60)49-21-9-19-47(33-49)63-64-38-56-50-22-10-17-42-18-11-23-51(61(42)50)62(56)65-63/h2-11,13-39H,12H2,1H3. The van der Waals surface area contributed by atoms with Gasteiger partial charge in [-0.2, -0.15) is 0 Å². The van der Waals surface area contributed by atoms with Gasteiger partial charge < -0.3 is 9.13 Å². The molecule has 3 heterocycles. The monoisotopic (exact) mass is 854 g/mol. The summed E-state index contributed by atoms with van der Waals surface area (Å²) in [4.78, 5) is 10.3. The summed E-state index contributed by atoms with van der Waals surface area (Å²) in [6.07, 6.45) is 10.1. The average Bonchev–Trinajstić information content (AvgIpc) is 4.02. The highest BCUT2D eigenvalue weighted by Crippen LogP contribution is 2.47. The van der Waals surface area contributed by atoms with Crippen LogP contribution in [0, 0.1) is 5.92 Å². The fraction of sp³-hybridized carbons (Fsp3) is 0.0476. The Morgan fingerprint density at radius 3 is 1.55 bits per heavy atom. The van der Waals surface area contributed by atoms with Gasteiger partial charge in [-0.05, 0) is 129 Å². The zero-order valence-electron chi connectivity index (χ0n) is 36.9. The maximum Gasteiger partial charge on any atom is 0.159 e. The zero-order valence-corrected chi connectivity index (χ0v) is 36.9. The molecule has 0 amide bonds. The van der Waals surface area contributed by atoms with Crippen molar-refractivity contribution in [3.05, 3.63) is 219 Å². The molecule has 0 bridgehead atoms. The van der Waals surface area contributed by atoms with Crippen molar-refractivity contribution in [1.82, 2.24) is 19.1 Å². The molecule has 0 saturated heterocycles. The Morgan fingerprint density at radius 2 is 0.970 bits per heavy atom. The van der Waals surface area contributed by atoms with Crippen molar-refractivity contribution in [2.45, 2.75) is 13.3 Å². The molecule has 1 atom stereocenters. The molecule has 314 valence electrons. The molecule has 0 radical (unpaired) electrons. The van der Waals surface area contributed by atoms with Crippen molar-refractivity contribution >= 4 is 60.1 Å². The summed E-state index contributed by atoms with van der Waals surface area (Å²) >= 11 is 0. The van der Waals surface area contributed by atoms with Gasteiger partial charge in [0.1, 0.15) is 0 Å². The van der Waals surface area contributed by atoms with Crippen LogP contribution in [0.25, 0.3) is 133 Å². The van der Waals surface area contributed by atoms with Gasteiger partial charge in [-0.15, -0.1) is 0 Å². The van der Waals surface area contributed by atoms with Gasteiger partial charge >= 0.3 is 0 Å². The molecular formula is C63H42N4. The summed E-state index contributed by atoms with van der Waals surface area (Å²) in [5, 5.41) is 7.40. The molecule has 67 heavy (non-hydrogen) atoms. The van der Waals surface area contributed by atoms with E-state index in [-0.39, 0.29) is 0 Å². The number of nitrogens with zero attached hydrogens (tertiary/aromatic N) is 4. The molecule has 1 unspecified atom stereocenters. The quantitative estimate of drug-likeness (QED) is 0.167. The fourth-order valence-corrected chi connectivity index (χ4v) is 11.0. The Bertz CT molecular complexity index is 4070. The van der Waals surface area contributed by atoms with Crippen LogP contribution in [0.2, 0.25) is 0 Å². The van der Waals surface area contributed by atoms with Gasteiger partial charge in [0, 0.05) is 55.8 Å². The van der Waals surface area contributed by atoms with E-state index in [0.29, 0.717) is 5.92 Å². The Morgan fingerprint density at radius 1 is 0.448 bits per heavy atom. The van der Waals surface area contributed by atoms with E-state index in [1.165, 1.54) is 93.6 Å². The Labute approximate surface area is 388 Å². The Balaban J connectivity index is 0.936. The second kappa shape index (κ2) is 14.7. The van der Waals surface area contributed by atoms with Crippen LogP contribution in [-0.2, 0) is 0 Å². The van der Waals surface area contributed by atoms with Crippen molar-refractivity contribution in [2.24, 2.45) is 5.92 Å². The van der Waals surface area contributed by atoms with Crippen LogP contribution in [0.5, 0.6) is 0 Å². The highest BCUT2D eigenvalue weighted by molar-refractivity contribution is 6.16. The average molecular weight is 855 g/mol. The van der Waals surface area contributed by atoms with Crippen LogP contribution < -0.4 is 0 Å². The van der Waals surface area contributed by atoms with Crippen LogP contribution in [0.15, 0.2) is 219 Å². The molecule has 0 aliphatic heterocycles. The van der Waals surface area contributed by atoms with Crippen LogP contribution in [0.4, 0.5) is 0 Å². The van der Waals surface area contributed by atoms with Crippen molar-refractivity contribution in [1.29, 1.82) is 0 Å². The van der Waals surface area contributed by atoms with Crippen molar-refractivity contribution in [3.63, 3.8) is 0 Å². The SMILES string of the molecule is CC1C=C(n2c3ccc(-c4ccccc4)cc3c3cc(-c4ccc5c(c4)c4cc(-c6ccccc6)ccc4n5-c4cccc(-c5ncc6c(n5)-c5cccc7cccc-6c57)c4)ccc32)C=CC1. The maximum absolute atomic E-state index is 5.26. The van der Waals surface area contributed by atoms with E-state index in [2.05, 4.69) is 228 Å². The lowest BCUT2D eigenvalue weighted by Gasteiger charge is -2.16. The van der Waals surface area contributed by atoms with E-state index in [1.807, 2.05) is 6.20 Å². The van der Waals surface area contributed by atoms with Gasteiger partial charge in [0.2, 0.25) is 0 Å². The lowest BCUT2D eigenvalue weighted by molar-refractivity contribution is 0.735. The number of fused-ring (bicyclic) bond motifs is 9. The summed E-state index contributed by atoms with van der Waals surface area (Å²) in [6.45, 7) is 2.30. The van der Waals surface area contributed by atoms with Gasteiger partial charge in [-0.3, -0.25) is 0 Å². The first-order chi connectivity index (χ1) is 33.1. The van der Waals surface area contributed by atoms with Crippen molar-refractivity contribution in [3.8, 4) is 72.8 Å². The number of allylic oxidation sites excluding steroid dienone is 4. The molecule has 12 aromatic rings. The molecule has 0 saturated carbocycles. The minimum absolute atomic E-state index is 0.482. The number of hydrogen-bond donors (Lipinski definition) is 0. The summed E-state index contributed by atoms with van der Waals surface area (Å²) < 4.78 is 4.86. The molecule has 2 aliphatic rings. The van der Waals surface area contributed by atoms with E-state index in [9.17, 15) is 0 Å². The molecule has 0 N–H and O–H groups in total. The molecule has 9 aromatic carbocycles. The maximum atomic E-state index is 5.26. The lowest BCUT2D eigenvalue weighted by atomic mass is 9.98. The first kappa shape index (κ1) is 37.7. The third-order valence-corrected chi connectivity index (χ3v) is 14.2. The van der Waals surface area contributed by atoms with Crippen LogP contribution in [0.3, 0.4) is 0 Å². The Kier molecular flexibility index (Phi) is 8.29. The highest BCUT2D eigenvalue weighted by Gasteiger charge is 2.24. The normalized spacial score (nSPS) is 14.2. The second-order valence-corrected chi connectivity index (χ2v) is 18.3. The largest absolute Gasteiger partial charge is 0.310 e. The zero-order chi connectivity index (χ0) is 44.2. The van der Waals surface area contributed by atoms with E-state index in [4.69, 9.17) is 9.97 Å². The minimum atomic E-state index is 0.482. The predicted molar refractivity (Wildman–Crippen MR) is 280 cm³/mol. The lowest BCUT2D eigenvalue weighted by Crippen LogP contribution is -2.01. The smallest absolute Gasteiger partial charge is 0.159 e. The Hall–Kier alpha value is -8.60. The first-order valence-electron chi connectivity index (χ1n) is 23.3. The van der Waals surface area contributed by atoms with Gasteiger partial charge in [0.25, 0.3) is 0 Å². The van der Waals surface area contributed by atoms with Gasteiger partial charge in [0.05, 0.1) is 27.8 Å². The summed E-state index contributed by atoms with van der Waals surface area (Å²) in [5.74, 6) is 1.20. The first-order valence-corrected chi connectivity index (χ1v) is 23.3. The minimum Gasteiger partial charge on any atom is -0.310 e. The highest BCUT2D eigenvalue weighted by atomic mass is 15.0. The second-order valence-electron chi connectivity index (χ2n) is 18.3. The molecule has 4 heteroatoms. The van der Waals surface area contributed by atoms with Crippen LogP contribution >= 0.6 is 0 Å². The predicted octanol–water partition coefficient (Wildman–Crippen LogP) is 16.6. The summed E-state index contributed by atoms with van der Waals surface area (Å²) in [5.41, 5.74) is 19.7.